The van der Waals surface area contributed by atoms with Crippen LogP contribution >= 0.6 is 11.3 Å². The Labute approximate surface area is 95.1 Å². The zero-order valence-electron chi connectivity index (χ0n) is 9.25. The highest BCUT2D eigenvalue weighted by Crippen LogP contribution is 2.37. The molecule has 0 saturated heterocycles. The molecule has 0 spiro atoms. The molecule has 1 aromatic heterocycles. The average Bonchev–Trinajstić information content (AvgIpc) is 2.95. The monoisotopic (exact) mass is 222 g/mol. The van der Waals surface area contributed by atoms with Crippen molar-refractivity contribution in [3.63, 3.8) is 0 Å². The second-order valence-electron chi connectivity index (χ2n) is 4.80. The van der Waals surface area contributed by atoms with Crippen LogP contribution in [0, 0.1) is 5.92 Å². The van der Waals surface area contributed by atoms with Crippen molar-refractivity contribution in [2.24, 2.45) is 5.92 Å². The van der Waals surface area contributed by atoms with Crippen LogP contribution in [0.3, 0.4) is 0 Å². The number of nitrogens with one attached hydrogen (secondary N) is 1. The van der Waals surface area contributed by atoms with Gasteiger partial charge in [-0.2, -0.15) is 0 Å². The van der Waals surface area contributed by atoms with Crippen LogP contribution in [-0.2, 0) is 12.8 Å². The summed E-state index contributed by atoms with van der Waals surface area (Å²) in [7, 11) is 2.06. The van der Waals surface area contributed by atoms with Crippen molar-refractivity contribution in [1.29, 1.82) is 0 Å². The molecule has 1 unspecified atom stereocenters. The van der Waals surface area contributed by atoms with Crippen molar-refractivity contribution in [1.82, 2.24) is 10.3 Å². The highest BCUT2D eigenvalue weighted by molar-refractivity contribution is 7.11. The number of aryl methyl sites for hydroxylation is 1. The van der Waals surface area contributed by atoms with Gasteiger partial charge in [0.25, 0.3) is 0 Å². The van der Waals surface area contributed by atoms with Gasteiger partial charge in [-0.25, -0.2) is 4.98 Å². The van der Waals surface area contributed by atoms with Crippen LogP contribution in [-0.4, -0.2) is 12.0 Å². The van der Waals surface area contributed by atoms with Gasteiger partial charge in [0, 0.05) is 11.3 Å². The largest absolute Gasteiger partial charge is 0.312 e. The minimum absolute atomic E-state index is 0.526. The fourth-order valence-corrected chi connectivity index (χ4v) is 3.69. The molecule has 2 aliphatic rings. The predicted molar refractivity (Wildman–Crippen MR) is 63.3 cm³/mol. The standard InChI is InChI=1S/C12H18N2S/c1-13-9-3-2-4-10-12(9)14-11(15-10)7-8-5-6-8/h8-9,13H,2-7H2,1H3. The first kappa shape index (κ1) is 9.79. The molecule has 1 saturated carbocycles. The molecule has 1 heterocycles. The quantitative estimate of drug-likeness (QED) is 0.850. The number of hydrogen-bond acceptors (Lipinski definition) is 3. The van der Waals surface area contributed by atoms with E-state index in [2.05, 4.69) is 12.4 Å². The molecule has 0 aliphatic heterocycles. The Morgan fingerprint density at radius 3 is 3.00 bits per heavy atom. The Morgan fingerprint density at radius 2 is 2.27 bits per heavy atom. The van der Waals surface area contributed by atoms with Crippen LogP contribution < -0.4 is 5.32 Å². The lowest BCUT2D eigenvalue weighted by molar-refractivity contribution is 0.488. The van der Waals surface area contributed by atoms with E-state index < -0.39 is 0 Å². The van der Waals surface area contributed by atoms with Gasteiger partial charge in [0.1, 0.15) is 0 Å². The maximum atomic E-state index is 4.84. The van der Waals surface area contributed by atoms with Crippen molar-refractivity contribution >= 4 is 11.3 Å². The molecule has 0 bridgehead atoms. The first-order valence-electron chi connectivity index (χ1n) is 6.02. The third-order valence-corrected chi connectivity index (χ3v) is 4.66. The molecule has 2 nitrogen and oxygen atoms in total. The third-order valence-electron chi connectivity index (χ3n) is 3.51. The van der Waals surface area contributed by atoms with Gasteiger partial charge in [0.15, 0.2) is 0 Å². The summed E-state index contributed by atoms with van der Waals surface area (Å²) in [5.74, 6) is 0.964. The SMILES string of the molecule is CNC1CCCc2sc(CC3CC3)nc21. The summed E-state index contributed by atoms with van der Waals surface area (Å²) in [6.45, 7) is 0. The van der Waals surface area contributed by atoms with E-state index in [1.165, 1.54) is 49.2 Å². The van der Waals surface area contributed by atoms with E-state index in [1.807, 2.05) is 11.3 Å². The van der Waals surface area contributed by atoms with Gasteiger partial charge in [-0.3, -0.25) is 0 Å². The Balaban J connectivity index is 1.83. The summed E-state index contributed by atoms with van der Waals surface area (Å²) in [6.07, 6.45) is 7.95. The lowest BCUT2D eigenvalue weighted by Crippen LogP contribution is -2.21. The van der Waals surface area contributed by atoms with E-state index in [0.29, 0.717) is 6.04 Å². The molecule has 0 aromatic carbocycles. The first-order valence-corrected chi connectivity index (χ1v) is 6.84. The molecular formula is C12H18N2S. The summed E-state index contributed by atoms with van der Waals surface area (Å²) in [4.78, 5) is 6.39. The Kier molecular flexibility index (Phi) is 2.53. The van der Waals surface area contributed by atoms with E-state index in [4.69, 9.17) is 4.98 Å². The molecule has 1 fully saturated rings. The molecule has 1 atom stereocenters. The first-order chi connectivity index (χ1) is 7.36. The molecule has 3 heteroatoms. The fourth-order valence-electron chi connectivity index (χ4n) is 2.41. The van der Waals surface area contributed by atoms with Crippen LogP contribution in [0.25, 0.3) is 0 Å². The number of nitrogens with zero attached hydrogens (tertiary/aromatic N) is 1. The minimum atomic E-state index is 0.526. The van der Waals surface area contributed by atoms with Gasteiger partial charge in [0.05, 0.1) is 16.7 Å². The summed E-state index contributed by atoms with van der Waals surface area (Å²) < 4.78 is 0. The molecule has 3 rings (SSSR count). The second kappa shape index (κ2) is 3.87. The van der Waals surface area contributed by atoms with Gasteiger partial charge >= 0.3 is 0 Å². The lowest BCUT2D eigenvalue weighted by atomic mass is 9.98. The summed E-state index contributed by atoms with van der Waals surface area (Å²) in [5, 5.41) is 4.78. The second-order valence-corrected chi connectivity index (χ2v) is 5.97. The number of thiazole rings is 1. The molecule has 0 radical (unpaired) electrons. The zero-order valence-corrected chi connectivity index (χ0v) is 10.1. The predicted octanol–water partition coefficient (Wildman–Crippen LogP) is 2.69. The number of rotatable bonds is 3. The smallest absolute Gasteiger partial charge is 0.0934 e. The molecule has 0 amide bonds. The van der Waals surface area contributed by atoms with Crippen LogP contribution in [0.15, 0.2) is 0 Å². The van der Waals surface area contributed by atoms with Crippen LogP contribution in [0.5, 0.6) is 0 Å². The zero-order chi connectivity index (χ0) is 10.3. The van der Waals surface area contributed by atoms with Crippen molar-refractivity contribution < 1.29 is 0 Å². The van der Waals surface area contributed by atoms with Gasteiger partial charge < -0.3 is 5.32 Å². The van der Waals surface area contributed by atoms with Gasteiger partial charge in [-0.15, -0.1) is 11.3 Å². The summed E-state index contributed by atoms with van der Waals surface area (Å²) in [6, 6.07) is 0.526. The Bertz CT molecular complexity index is 355. The molecule has 1 aromatic rings. The average molecular weight is 222 g/mol. The van der Waals surface area contributed by atoms with Crippen molar-refractivity contribution in [2.45, 2.75) is 44.6 Å². The third kappa shape index (κ3) is 1.95. The normalized spacial score (nSPS) is 25.3. The van der Waals surface area contributed by atoms with E-state index >= 15 is 0 Å². The van der Waals surface area contributed by atoms with E-state index in [0.717, 1.165) is 5.92 Å². The van der Waals surface area contributed by atoms with Crippen LogP contribution in [0.2, 0.25) is 0 Å². The molecule has 2 aliphatic carbocycles. The fraction of sp³-hybridized carbons (Fsp3) is 0.750. The van der Waals surface area contributed by atoms with Gasteiger partial charge in [-0.05, 0) is 45.1 Å². The Morgan fingerprint density at radius 1 is 1.40 bits per heavy atom. The maximum Gasteiger partial charge on any atom is 0.0934 e. The Hall–Kier alpha value is -0.410. The lowest BCUT2D eigenvalue weighted by Gasteiger charge is -2.19. The van der Waals surface area contributed by atoms with E-state index in [1.54, 1.807) is 4.88 Å². The molecule has 82 valence electrons. The molecule has 15 heavy (non-hydrogen) atoms. The van der Waals surface area contributed by atoms with Gasteiger partial charge in [-0.1, -0.05) is 0 Å². The minimum Gasteiger partial charge on any atom is -0.312 e. The summed E-state index contributed by atoms with van der Waals surface area (Å²) >= 11 is 1.97. The molecular weight excluding hydrogens is 204 g/mol. The number of aromatic nitrogens is 1. The number of hydrogen-bond donors (Lipinski definition) is 1. The topological polar surface area (TPSA) is 24.9 Å². The summed E-state index contributed by atoms with van der Waals surface area (Å²) in [5.41, 5.74) is 1.37. The highest BCUT2D eigenvalue weighted by atomic mass is 32.1. The van der Waals surface area contributed by atoms with Crippen molar-refractivity contribution in [3.05, 3.63) is 15.6 Å². The van der Waals surface area contributed by atoms with Crippen molar-refractivity contribution in [2.75, 3.05) is 7.05 Å². The van der Waals surface area contributed by atoms with Crippen molar-refractivity contribution in [3.8, 4) is 0 Å². The highest BCUT2D eigenvalue weighted by Gasteiger charge is 2.27. The number of fused-ring (bicyclic) bond motifs is 1. The molecule has 1 N–H and O–H groups in total. The maximum absolute atomic E-state index is 4.84. The van der Waals surface area contributed by atoms with Crippen LogP contribution in [0.4, 0.5) is 0 Å². The van der Waals surface area contributed by atoms with Gasteiger partial charge in [0.2, 0.25) is 0 Å². The van der Waals surface area contributed by atoms with E-state index in [-0.39, 0.29) is 0 Å². The van der Waals surface area contributed by atoms with E-state index in [9.17, 15) is 0 Å². The van der Waals surface area contributed by atoms with Crippen LogP contribution in [0.1, 0.15) is 47.3 Å².